The van der Waals surface area contributed by atoms with Gasteiger partial charge in [0.25, 0.3) is 0 Å². The molecule has 0 heterocycles. The van der Waals surface area contributed by atoms with Crippen molar-refractivity contribution in [3.05, 3.63) is 142 Å². The molecule has 3 nitrogen and oxygen atoms in total. The van der Waals surface area contributed by atoms with Gasteiger partial charge in [-0.1, -0.05) is 48.5 Å². The maximum absolute atomic E-state index is 12.4. The summed E-state index contributed by atoms with van der Waals surface area (Å²) in [6.45, 7) is 0. The molecule has 41 heavy (non-hydrogen) atoms. The molecule has 0 N–H and O–H groups in total. The average Bonchev–Trinajstić information content (AvgIpc) is 2.95. The number of carbonyl (C=O) groups is 3. The molecule has 0 atom stereocenters. The second-order valence-electron chi connectivity index (χ2n) is 7.52. The first kappa shape index (κ1) is 34.3. The summed E-state index contributed by atoms with van der Waals surface area (Å²) in [5, 5.41) is 0. The summed E-state index contributed by atoms with van der Waals surface area (Å²) in [7, 11) is 0. The Balaban J connectivity index is 0.000000278. The van der Waals surface area contributed by atoms with Crippen molar-refractivity contribution < 1.29 is 53.9 Å². The van der Waals surface area contributed by atoms with Crippen molar-refractivity contribution in [3.63, 3.8) is 0 Å². The van der Waals surface area contributed by atoms with Crippen molar-refractivity contribution in [1.29, 1.82) is 0 Å². The summed E-state index contributed by atoms with van der Waals surface area (Å²) in [4.78, 5) is 30.2. The maximum Gasteiger partial charge on any atom is 0.417 e. The molecule has 0 radical (unpaired) electrons. The minimum absolute atomic E-state index is 0.178. The summed E-state index contributed by atoms with van der Waals surface area (Å²) in [5.74, 6) is -1.48. The molecule has 0 aliphatic carbocycles. The van der Waals surface area contributed by atoms with E-state index in [0.29, 0.717) is 6.29 Å². The lowest BCUT2D eigenvalue weighted by Crippen LogP contribution is -2.08. The van der Waals surface area contributed by atoms with Crippen LogP contribution in [0.3, 0.4) is 0 Å². The topological polar surface area (TPSA) is 51.2 Å². The second-order valence-corrected chi connectivity index (χ2v) is 7.52. The van der Waals surface area contributed by atoms with Gasteiger partial charge in [0.05, 0.1) is 16.7 Å². The van der Waals surface area contributed by atoms with Gasteiger partial charge in [-0.2, -0.15) is 26.3 Å². The molecule has 0 bridgehead atoms. The molecule has 216 valence electrons. The zero-order chi connectivity index (χ0) is 31.1. The number of rotatable bonds is 3. The highest BCUT2D eigenvalue weighted by Crippen LogP contribution is 2.31. The van der Waals surface area contributed by atoms with E-state index in [1.54, 1.807) is 18.2 Å². The molecule has 4 aromatic carbocycles. The van der Waals surface area contributed by atoms with Crippen LogP contribution in [-0.4, -0.2) is 18.9 Å². The van der Waals surface area contributed by atoms with Crippen molar-refractivity contribution in [3.8, 4) is 0 Å². The summed E-state index contributed by atoms with van der Waals surface area (Å²) >= 11 is 0. The molecule has 0 unspecified atom stereocenters. The van der Waals surface area contributed by atoms with Crippen molar-refractivity contribution in [2.75, 3.05) is 0 Å². The normalized spacial score (nSPS) is 10.4. The Labute approximate surface area is 227 Å². The fourth-order valence-corrected chi connectivity index (χ4v) is 2.63. The van der Waals surface area contributed by atoms with Crippen LogP contribution in [0.1, 0.15) is 42.2 Å². The van der Waals surface area contributed by atoms with Crippen LogP contribution in [0.25, 0.3) is 0 Å². The van der Waals surface area contributed by atoms with E-state index in [-0.39, 0.29) is 35.1 Å². The first-order valence-electron chi connectivity index (χ1n) is 11.1. The third-order valence-electron chi connectivity index (χ3n) is 4.59. The minimum atomic E-state index is -4.45. The lowest BCUT2D eigenvalue weighted by atomic mass is 10.1. The molecule has 0 amide bonds. The third kappa shape index (κ3) is 12.8. The molecule has 4 rings (SSSR count). The zero-order valence-corrected chi connectivity index (χ0v) is 20.6. The van der Waals surface area contributed by atoms with Crippen molar-refractivity contribution in [1.82, 2.24) is 0 Å². The van der Waals surface area contributed by atoms with Crippen LogP contribution in [0.5, 0.6) is 0 Å². The molecule has 0 aliphatic heterocycles. The van der Waals surface area contributed by atoms with Gasteiger partial charge in [0.1, 0.15) is 23.7 Å². The monoisotopic (exact) mass is 586 g/mol. The van der Waals surface area contributed by atoms with Gasteiger partial charge in [0.15, 0.2) is 12.6 Å². The zero-order valence-electron chi connectivity index (χ0n) is 20.6. The molecular weight excluding hydrogens is 567 g/mol. The van der Waals surface area contributed by atoms with Crippen LogP contribution < -0.4 is 0 Å². The van der Waals surface area contributed by atoms with Gasteiger partial charge >= 0.3 is 12.4 Å². The third-order valence-corrected chi connectivity index (χ3v) is 4.59. The van der Waals surface area contributed by atoms with Crippen LogP contribution in [-0.2, 0) is 12.4 Å². The lowest BCUT2D eigenvalue weighted by Gasteiger charge is -2.07. The van der Waals surface area contributed by atoms with Crippen LogP contribution in [0.2, 0.25) is 0 Å². The van der Waals surface area contributed by atoms with E-state index < -0.39 is 35.1 Å². The molecule has 0 fully saturated rings. The van der Waals surface area contributed by atoms with Gasteiger partial charge in [0.2, 0.25) is 0 Å². The molecule has 12 heteroatoms. The molecule has 0 spiro atoms. The quantitative estimate of drug-likeness (QED) is 0.178. The summed E-state index contributed by atoms with van der Waals surface area (Å²) in [6, 6.07) is 19.3. The Kier molecular flexibility index (Phi) is 13.7. The average molecular weight is 586 g/mol. The number of aldehydes is 3. The number of hydrogen-bond acceptors (Lipinski definition) is 3. The highest BCUT2D eigenvalue weighted by Gasteiger charge is 2.32. The van der Waals surface area contributed by atoms with Crippen molar-refractivity contribution in [2.45, 2.75) is 12.4 Å². The van der Waals surface area contributed by atoms with Gasteiger partial charge in [-0.25, -0.2) is 13.2 Å². The van der Waals surface area contributed by atoms with E-state index in [9.17, 15) is 53.9 Å². The smallest absolute Gasteiger partial charge is 0.298 e. The minimum Gasteiger partial charge on any atom is -0.298 e. The van der Waals surface area contributed by atoms with Gasteiger partial charge in [-0.15, -0.1) is 0 Å². The van der Waals surface area contributed by atoms with E-state index in [1.165, 1.54) is 24.3 Å². The van der Waals surface area contributed by atoms with Crippen molar-refractivity contribution >= 4 is 18.9 Å². The molecule has 4 aromatic rings. The van der Waals surface area contributed by atoms with E-state index in [2.05, 4.69) is 0 Å². The molecule has 0 saturated carbocycles. The largest absolute Gasteiger partial charge is 0.417 e. The predicted octanol–water partition coefficient (Wildman–Crippen LogP) is 8.64. The Morgan fingerprint density at radius 2 is 1.02 bits per heavy atom. The first-order chi connectivity index (χ1) is 19.2. The number of alkyl halides is 6. The second kappa shape index (κ2) is 16.4. The Morgan fingerprint density at radius 3 is 1.41 bits per heavy atom. The van der Waals surface area contributed by atoms with E-state index in [1.807, 2.05) is 0 Å². The van der Waals surface area contributed by atoms with Crippen LogP contribution >= 0.6 is 0 Å². The summed E-state index contributed by atoms with van der Waals surface area (Å²) in [6.07, 6.45) is -7.81. The summed E-state index contributed by atoms with van der Waals surface area (Å²) < 4.78 is 109. The van der Waals surface area contributed by atoms with Crippen molar-refractivity contribution in [2.24, 2.45) is 0 Å². The number of halogens is 9. The fourth-order valence-electron chi connectivity index (χ4n) is 2.63. The Bertz CT molecular complexity index is 1380. The SMILES string of the molecule is Fc1ccccc1.O=Cc1cc(F)ccc1F.O=Cc1ccc(C(F)(F)F)cc1.O=Cc1ccccc1C(F)(F)F. The number of carbonyl (C=O) groups excluding carboxylic acids is 3. The predicted molar refractivity (Wildman–Crippen MR) is 132 cm³/mol. The molecule has 0 saturated heterocycles. The lowest BCUT2D eigenvalue weighted by molar-refractivity contribution is -0.138. The van der Waals surface area contributed by atoms with Crippen LogP contribution in [0.4, 0.5) is 39.5 Å². The van der Waals surface area contributed by atoms with E-state index in [0.717, 1.165) is 54.6 Å². The van der Waals surface area contributed by atoms with Gasteiger partial charge in [-0.05, 0) is 48.5 Å². The van der Waals surface area contributed by atoms with Crippen LogP contribution in [0, 0.1) is 17.5 Å². The standard InChI is InChI=1S/2C8H5F3O.C7H4F2O.C6H5F/c9-8(10,11)7-3-1-6(5-12)2-4-7;9-8(10,11)7-4-2-1-3-6(7)5-12;8-6-1-2-7(9)5(3-6)4-10;7-6-4-2-1-3-5-6/h2*1-5H;1-4H;1-5H. The highest BCUT2D eigenvalue weighted by molar-refractivity contribution is 5.77. The Morgan fingerprint density at radius 1 is 0.488 bits per heavy atom. The Hall–Kier alpha value is -4.74. The van der Waals surface area contributed by atoms with E-state index in [4.69, 9.17) is 0 Å². The molecule has 0 aliphatic rings. The summed E-state index contributed by atoms with van der Waals surface area (Å²) in [5.41, 5.74) is -1.97. The van der Waals surface area contributed by atoms with E-state index >= 15 is 0 Å². The number of benzene rings is 4. The van der Waals surface area contributed by atoms with Crippen LogP contribution in [0.15, 0.2) is 97.1 Å². The number of hydrogen-bond donors (Lipinski definition) is 0. The molecule has 0 aromatic heterocycles. The van der Waals surface area contributed by atoms with Gasteiger partial charge < -0.3 is 0 Å². The first-order valence-corrected chi connectivity index (χ1v) is 11.1. The fraction of sp³-hybridized carbons (Fsp3) is 0.0690. The van der Waals surface area contributed by atoms with Gasteiger partial charge in [-0.3, -0.25) is 14.4 Å². The van der Waals surface area contributed by atoms with Gasteiger partial charge in [0, 0.05) is 11.1 Å². The molecular formula is C29H19F9O3. The maximum atomic E-state index is 12.4. The highest BCUT2D eigenvalue weighted by atomic mass is 19.4.